The van der Waals surface area contributed by atoms with E-state index in [0.717, 1.165) is 30.7 Å². The summed E-state index contributed by atoms with van der Waals surface area (Å²) >= 11 is 24.0. The fraction of sp³-hybridized carbons (Fsp3) is 0.500. The van der Waals surface area contributed by atoms with Gasteiger partial charge < -0.3 is 4.74 Å². The Hall–Kier alpha value is 0.514. The number of hydrogen-bond donors (Lipinski definition) is 0. The average molecular weight is 432 g/mol. The Morgan fingerprint density at radius 3 is 2.04 bits per heavy atom. The minimum Gasteiger partial charge on any atom is -0.385 e. The monoisotopic (exact) mass is 430 g/mol. The molecule has 0 spiro atoms. The van der Waals surface area contributed by atoms with Gasteiger partial charge in [-0.05, 0) is 30.8 Å². The highest BCUT2D eigenvalue weighted by atomic mass is 35.7. The van der Waals surface area contributed by atoms with Gasteiger partial charge in [0.2, 0.25) is 6.69 Å². The Morgan fingerprint density at radius 1 is 0.870 bits per heavy atom. The molecule has 1 nitrogen and oxygen atoms in total. The molecule has 7 heteroatoms. The lowest BCUT2D eigenvalue weighted by Gasteiger charge is -2.11. The number of methoxy groups -OCH3 is 1. The van der Waals surface area contributed by atoms with Crippen LogP contribution in [0.25, 0.3) is 0 Å². The molecule has 0 unspecified atom stereocenters. The van der Waals surface area contributed by atoms with Crippen molar-refractivity contribution in [2.24, 2.45) is 0 Å². The highest BCUT2D eigenvalue weighted by Gasteiger charge is 2.24. The molecule has 0 aromatic rings. The van der Waals surface area contributed by atoms with Crippen LogP contribution in [0.1, 0.15) is 19.3 Å². The summed E-state index contributed by atoms with van der Waals surface area (Å²) in [4.78, 5) is 0. The summed E-state index contributed by atoms with van der Waals surface area (Å²) in [5.41, 5.74) is 0. The van der Waals surface area contributed by atoms with Gasteiger partial charge in [0.1, 0.15) is 0 Å². The van der Waals surface area contributed by atoms with Crippen LogP contribution in [-0.2, 0) is 4.74 Å². The zero-order valence-corrected chi connectivity index (χ0v) is 19.0. The molecule has 23 heavy (non-hydrogen) atoms. The third-order valence-corrected chi connectivity index (χ3v) is 7.99. The van der Waals surface area contributed by atoms with Crippen molar-refractivity contribution in [2.45, 2.75) is 38.4 Å². The van der Waals surface area contributed by atoms with Crippen LogP contribution in [0, 0.1) is 0 Å². The molecular formula is C16H26Cl4OSi2. The number of rotatable bonds is 7. The molecule has 0 saturated carbocycles. The number of ether oxygens (including phenoxy) is 1. The smallest absolute Gasteiger partial charge is 0.277 e. The maximum absolute atomic E-state index is 6.06. The van der Waals surface area contributed by atoms with Crippen LogP contribution in [0.15, 0.2) is 47.7 Å². The topological polar surface area (TPSA) is 9.23 Å². The third-order valence-electron chi connectivity index (χ3n) is 2.97. The van der Waals surface area contributed by atoms with E-state index in [1.807, 2.05) is 55.6 Å². The van der Waals surface area contributed by atoms with Crippen LogP contribution < -0.4 is 0 Å². The molecule has 132 valence electrons. The van der Waals surface area contributed by atoms with Gasteiger partial charge in [-0.15, -0.1) is 44.3 Å². The lowest BCUT2D eigenvalue weighted by Crippen LogP contribution is -2.15. The first-order valence-corrected chi connectivity index (χ1v) is 16.9. The van der Waals surface area contributed by atoms with Crippen LogP contribution in [0.4, 0.5) is 0 Å². The fourth-order valence-corrected chi connectivity index (χ4v) is 4.92. The zero-order chi connectivity index (χ0) is 17.8. The van der Waals surface area contributed by atoms with E-state index in [-0.39, 0.29) is 0 Å². The third kappa shape index (κ3) is 15.8. The molecule has 0 bridgehead atoms. The van der Waals surface area contributed by atoms with Crippen LogP contribution in [0.2, 0.25) is 19.1 Å². The van der Waals surface area contributed by atoms with Gasteiger partial charge in [-0.2, -0.15) is 0 Å². The van der Waals surface area contributed by atoms with Crippen molar-refractivity contribution in [1.82, 2.24) is 0 Å². The molecule has 0 amide bonds. The van der Waals surface area contributed by atoms with Gasteiger partial charge >= 0.3 is 0 Å². The Labute approximate surface area is 161 Å². The van der Waals surface area contributed by atoms with E-state index in [2.05, 4.69) is 0 Å². The van der Waals surface area contributed by atoms with Crippen molar-refractivity contribution in [3.05, 3.63) is 47.7 Å². The molecule has 0 radical (unpaired) electrons. The largest absolute Gasteiger partial charge is 0.385 e. The standard InChI is InChI=1S/C9H10Cl2Si.C7H16Cl2OSi/c1-12(10,11)9-7-5-3-2-4-6-8-9;1-10-6-4-3-5-7-11(2,8)9/h2-8H,1H3;3-7H2,1-2H3/b3-2-,4-2?,5-3?,6-4-,7-5?,8-6?,9-7?,9-8?;. The van der Waals surface area contributed by atoms with Gasteiger partial charge in [-0.3, -0.25) is 0 Å². The molecule has 0 saturated heterocycles. The van der Waals surface area contributed by atoms with Gasteiger partial charge in [0.15, 0.2) is 0 Å². The van der Waals surface area contributed by atoms with E-state index in [1.165, 1.54) is 6.42 Å². The van der Waals surface area contributed by atoms with E-state index in [4.69, 9.17) is 49.1 Å². The Bertz CT molecular complexity index is 432. The van der Waals surface area contributed by atoms with Crippen molar-refractivity contribution in [3.63, 3.8) is 0 Å². The molecule has 0 fully saturated rings. The maximum Gasteiger partial charge on any atom is 0.277 e. The molecule has 0 aromatic carbocycles. The van der Waals surface area contributed by atoms with Crippen molar-refractivity contribution in [2.75, 3.05) is 13.7 Å². The second kappa shape index (κ2) is 12.8. The van der Waals surface area contributed by atoms with E-state index >= 15 is 0 Å². The van der Waals surface area contributed by atoms with Crippen molar-refractivity contribution in [3.8, 4) is 0 Å². The van der Waals surface area contributed by atoms with Gasteiger partial charge in [-0.25, -0.2) is 0 Å². The summed E-state index contributed by atoms with van der Waals surface area (Å²) in [7, 11) is 1.72. The Kier molecular flexibility index (Phi) is 13.1. The number of allylic oxidation sites excluding steroid dienone is 8. The Morgan fingerprint density at radius 2 is 1.48 bits per heavy atom. The molecule has 1 aliphatic carbocycles. The van der Waals surface area contributed by atoms with E-state index < -0.39 is 13.4 Å². The Balaban J connectivity index is 0.000000423. The lowest BCUT2D eigenvalue weighted by atomic mass is 10.3. The first-order chi connectivity index (χ1) is 10.7. The maximum atomic E-state index is 6.06. The van der Waals surface area contributed by atoms with Crippen molar-refractivity contribution in [1.29, 1.82) is 0 Å². The minimum atomic E-state index is -2.18. The van der Waals surface area contributed by atoms with Crippen LogP contribution in [0.3, 0.4) is 0 Å². The lowest BCUT2D eigenvalue weighted by molar-refractivity contribution is 0.192. The van der Waals surface area contributed by atoms with E-state index in [1.54, 1.807) is 7.11 Å². The second-order valence-electron chi connectivity index (χ2n) is 5.51. The molecule has 0 aliphatic heterocycles. The normalized spacial score (nSPS) is 17.4. The average Bonchev–Trinajstić information content (AvgIpc) is 2.35. The summed E-state index contributed by atoms with van der Waals surface area (Å²) < 4.78 is 4.92. The predicted molar refractivity (Wildman–Crippen MR) is 113 cm³/mol. The van der Waals surface area contributed by atoms with Crippen LogP contribution in [0.5, 0.6) is 0 Å². The molecule has 0 N–H and O–H groups in total. The highest BCUT2D eigenvalue weighted by molar-refractivity contribution is 7.48. The molecule has 1 aliphatic rings. The van der Waals surface area contributed by atoms with E-state index in [0.29, 0.717) is 0 Å². The molecule has 0 aromatic heterocycles. The molecule has 0 atom stereocenters. The van der Waals surface area contributed by atoms with Gasteiger partial charge in [0.25, 0.3) is 6.69 Å². The summed E-state index contributed by atoms with van der Waals surface area (Å²) in [6.07, 6.45) is 17.1. The molecule has 1 rings (SSSR count). The van der Waals surface area contributed by atoms with Gasteiger partial charge in [-0.1, -0.05) is 55.4 Å². The first kappa shape index (κ1) is 23.5. The fourth-order valence-electron chi connectivity index (χ4n) is 1.72. The number of unbranched alkanes of at least 4 members (excludes halogenated alkanes) is 2. The number of halogens is 4. The summed E-state index contributed by atoms with van der Waals surface area (Å²) in [6.45, 7) is 0.718. The van der Waals surface area contributed by atoms with Crippen LogP contribution in [-0.4, -0.2) is 27.1 Å². The first-order valence-electron chi connectivity index (χ1n) is 7.63. The van der Waals surface area contributed by atoms with Crippen molar-refractivity contribution < 1.29 is 4.74 Å². The minimum absolute atomic E-state index is 0.850. The molecular weight excluding hydrogens is 406 g/mol. The highest BCUT2D eigenvalue weighted by Crippen LogP contribution is 2.25. The van der Waals surface area contributed by atoms with Gasteiger partial charge in [0, 0.05) is 13.7 Å². The summed E-state index contributed by atoms with van der Waals surface area (Å²) in [6, 6.07) is 1.000. The molecule has 0 heterocycles. The summed E-state index contributed by atoms with van der Waals surface area (Å²) in [5, 5.41) is 1.03. The van der Waals surface area contributed by atoms with Gasteiger partial charge in [0.05, 0.1) is 0 Å². The quantitative estimate of drug-likeness (QED) is 0.238. The SMILES string of the molecule is COCCCCC[Si](C)(Cl)Cl.C[Si](Cl)(Cl)C1=C/C=C\C=C/C=C1. The summed E-state index contributed by atoms with van der Waals surface area (Å²) in [5.74, 6) is 0. The number of hydrogen-bond acceptors (Lipinski definition) is 1. The second-order valence-corrected chi connectivity index (χ2v) is 21.2. The zero-order valence-electron chi connectivity index (χ0n) is 14.0. The van der Waals surface area contributed by atoms with E-state index in [9.17, 15) is 0 Å². The van der Waals surface area contributed by atoms with Crippen molar-refractivity contribution >= 4 is 57.7 Å². The van der Waals surface area contributed by atoms with Crippen LogP contribution >= 0.6 is 44.3 Å². The predicted octanol–water partition coefficient (Wildman–Crippen LogP) is 7.04.